The summed E-state index contributed by atoms with van der Waals surface area (Å²) in [6.45, 7) is 1.63. The highest BCUT2D eigenvalue weighted by atomic mass is 79.9. The molecule has 1 aliphatic heterocycles. The van der Waals surface area contributed by atoms with Crippen molar-refractivity contribution in [2.45, 2.75) is 25.6 Å². The number of benzene rings is 4. The standard InChI is InChI=1S/C33H31BrN4O6/c1-19(35-2)30(39)36-26-18-38(31(40)20-8-10-21(11-9-20)33(42)43)28-7-5-4-6-27(28)37(32(26)41)17-25-24-14-13-23(34)16-22(24)12-15-29(25)44-3/h4-16,19,26,35H,17-18H2,1-3H3,(H,36,39)(H,42,43). The van der Waals surface area contributed by atoms with Crippen LogP contribution in [-0.4, -0.2) is 61.6 Å². The van der Waals surface area contributed by atoms with Gasteiger partial charge in [0.2, 0.25) is 5.91 Å². The van der Waals surface area contributed by atoms with Crippen molar-refractivity contribution in [3.05, 3.63) is 100 Å². The van der Waals surface area contributed by atoms with E-state index in [2.05, 4.69) is 26.6 Å². The van der Waals surface area contributed by atoms with Gasteiger partial charge in [-0.3, -0.25) is 14.4 Å². The Morgan fingerprint density at radius 2 is 1.68 bits per heavy atom. The average molecular weight is 660 g/mol. The lowest BCUT2D eigenvalue weighted by atomic mass is 10.0. The van der Waals surface area contributed by atoms with E-state index in [1.807, 2.05) is 30.3 Å². The smallest absolute Gasteiger partial charge is 0.335 e. The van der Waals surface area contributed by atoms with Crippen LogP contribution < -0.4 is 25.2 Å². The molecule has 2 atom stereocenters. The molecule has 1 heterocycles. The van der Waals surface area contributed by atoms with Crippen LogP contribution in [-0.2, 0) is 16.1 Å². The molecule has 44 heavy (non-hydrogen) atoms. The first-order valence-electron chi connectivity index (χ1n) is 13.9. The second-order valence-corrected chi connectivity index (χ2v) is 11.3. The van der Waals surface area contributed by atoms with E-state index >= 15 is 0 Å². The molecule has 2 unspecified atom stereocenters. The maximum Gasteiger partial charge on any atom is 0.335 e. The molecular weight excluding hydrogens is 628 g/mol. The summed E-state index contributed by atoms with van der Waals surface area (Å²) < 4.78 is 6.63. The molecule has 0 saturated carbocycles. The van der Waals surface area contributed by atoms with Crippen LogP contribution in [0.3, 0.4) is 0 Å². The van der Waals surface area contributed by atoms with Crippen molar-refractivity contribution < 1.29 is 29.0 Å². The van der Waals surface area contributed by atoms with E-state index < -0.39 is 35.8 Å². The van der Waals surface area contributed by atoms with E-state index in [1.54, 1.807) is 50.2 Å². The lowest BCUT2D eigenvalue weighted by Gasteiger charge is -2.27. The SMILES string of the molecule is CNC(C)C(=O)NC1CN(C(=O)c2ccc(C(=O)O)cc2)c2ccccc2N(Cc2c(OC)ccc3cc(Br)ccc23)C1=O. The molecule has 4 aromatic carbocycles. The second kappa shape index (κ2) is 12.9. The van der Waals surface area contributed by atoms with Gasteiger partial charge in [0.1, 0.15) is 11.8 Å². The number of carboxylic acids is 1. The lowest BCUT2D eigenvalue weighted by Crippen LogP contribution is -2.55. The Bertz CT molecular complexity index is 1760. The van der Waals surface area contributed by atoms with Gasteiger partial charge >= 0.3 is 5.97 Å². The summed E-state index contributed by atoms with van der Waals surface area (Å²) in [5.74, 6) is -1.77. The maximum absolute atomic E-state index is 14.4. The minimum absolute atomic E-state index is 0.0430. The van der Waals surface area contributed by atoms with Gasteiger partial charge in [0.25, 0.3) is 11.8 Å². The van der Waals surface area contributed by atoms with Crippen LogP contribution in [0.2, 0.25) is 0 Å². The van der Waals surface area contributed by atoms with E-state index in [0.717, 1.165) is 20.8 Å². The number of para-hydroxylation sites is 2. The number of anilines is 2. The monoisotopic (exact) mass is 658 g/mol. The van der Waals surface area contributed by atoms with Crippen molar-refractivity contribution in [1.29, 1.82) is 0 Å². The van der Waals surface area contributed by atoms with E-state index in [0.29, 0.717) is 17.1 Å². The number of fused-ring (bicyclic) bond motifs is 2. The number of methoxy groups -OCH3 is 1. The minimum Gasteiger partial charge on any atom is -0.496 e. The summed E-state index contributed by atoms with van der Waals surface area (Å²) in [5, 5.41) is 16.9. The molecule has 0 bridgehead atoms. The van der Waals surface area contributed by atoms with Crippen molar-refractivity contribution in [2.75, 3.05) is 30.5 Å². The molecule has 11 heteroatoms. The zero-order valence-electron chi connectivity index (χ0n) is 24.3. The number of carbonyl (C=O) groups excluding carboxylic acids is 3. The van der Waals surface area contributed by atoms with Crippen molar-refractivity contribution in [2.24, 2.45) is 0 Å². The van der Waals surface area contributed by atoms with Crippen molar-refractivity contribution in [3.8, 4) is 5.75 Å². The van der Waals surface area contributed by atoms with Gasteiger partial charge in [-0.05, 0) is 79.3 Å². The Labute approximate surface area is 262 Å². The second-order valence-electron chi connectivity index (χ2n) is 10.4. The Morgan fingerprint density at radius 1 is 1.00 bits per heavy atom. The van der Waals surface area contributed by atoms with Crippen LogP contribution in [0.25, 0.3) is 10.8 Å². The highest BCUT2D eigenvalue weighted by Gasteiger charge is 2.38. The zero-order chi connectivity index (χ0) is 31.5. The Kier molecular flexibility index (Phi) is 8.98. The number of aromatic carboxylic acids is 1. The van der Waals surface area contributed by atoms with Crippen LogP contribution in [0.5, 0.6) is 5.75 Å². The number of amides is 3. The van der Waals surface area contributed by atoms with Crippen LogP contribution in [0.15, 0.2) is 83.3 Å². The molecule has 3 N–H and O–H groups in total. The average Bonchev–Trinajstić information content (AvgIpc) is 3.14. The predicted molar refractivity (Wildman–Crippen MR) is 171 cm³/mol. The first kappa shape index (κ1) is 30.7. The molecule has 0 radical (unpaired) electrons. The van der Waals surface area contributed by atoms with Gasteiger partial charge < -0.3 is 30.3 Å². The largest absolute Gasteiger partial charge is 0.496 e. The van der Waals surface area contributed by atoms with Gasteiger partial charge in [-0.1, -0.05) is 40.2 Å². The summed E-state index contributed by atoms with van der Waals surface area (Å²) in [6.07, 6.45) is 0. The Balaban J connectivity index is 1.64. The fourth-order valence-corrected chi connectivity index (χ4v) is 5.62. The fraction of sp³-hybridized carbons (Fsp3) is 0.212. The third-order valence-electron chi connectivity index (χ3n) is 7.75. The normalized spacial score (nSPS) is 15.4. The number of halogens is 1. The molecule has 0 fully saturated rings. The van der Waals surface area contributed by atoms with Crippen LogP contribution in [0.4, 0.5) is 11.4 Å². The number of likely N-dealkylation sites (N-methyl/N-ethyl adjacent to an activating group) is 1. The van der Waals surface area contributed by atoms with Gasteiger partial charge in [0.05, 0.1) is 43.2 Å². The molecule has 10 nitrogen and oxygen atoms in total. The van der Waals surface area contributed by atoms with E-state index in [4.69, 9.17) is 4.74 Å². The number of nitrogens with one attached hydrogen (secondary N) is 2. The highest BCUT2D eigenvalue weighted by Crippen LogP contribution is 2.38. The van der Waals surface area contributed by atoms with Crippen molar-refractivity contribution in [1.82, 2.24) is 10.6 Å². The van der Waals surface area contributed by atoms with Crippen LogP contribution in [0, 0.1) is 0 Å². The van der Waals surface area contributed by atoms with Crippen molar-refractivity contribution >= 4 is 61.8 Å². The lowest BCUT2D eigenvalue weighted by molar-refractivity contribution is -0.128. The third kappa shape index (κ3) is 6.01. The number of rotatable bonds is 8. The van der Waals surface area contributed by atoms with Crippen LogP contribution in [0.1, 0.15) is 33.2 Å². The number of nitrogens with zero attached hydrogens (tertiary/aromatic N) is 2. The fourth-order valence-electron chi connectivity index (χ4n) is 5.25. The Morgan fingerprint density at radius 3 is 2.34 bits per heavy atom. The molecule has 1 aliphatic rings. The summed E-state index contributed by atoms with van der Waals surface area (Å²) >= 11 is 3.52. The van der Waals surface area contributed by atoms with E-state index in [1.165, 1.54) is 29.2 Å². The van der Waals surface area contributed by atoms with Crippen molar-refractivity contribution in [3.63, 3.8) is 0 Å². The Hall–Kier alpha value is -4.74. The molecule has 0 saturated heterocycles. The summed E-state index contributed by atoms with van der Waals surface area (Å²) in [5.41, 5.74) is 1.98. The number of hydrogen-bond acceptors (Lipinski definition) is 6. The van der Waals surface area contributed by atoms with Gasteiger partial charge in [-0.2, -0.15) is 0 Å². The molecule has 4 aromatic rings. The molecule has 3 amide bonds. The van der Waals surface area contributed by atoms with Gasteiger partial charge in [-0.25, -0.2) is 4.79 Å². The highest BCUT2D eigenvalue weighted by molar-refractivity contribution is 9.10. The molecule has 0 aromatic heterocycles. The first-order valence-corrected chi connectivity index (χ1v) is 14.7. The topological polar surface area (TPSA) is 128 Å². The minimum atomic E-state index is -1.11. The van der Waals surface area contributed by atoms with Gasteiger partial charge in [0.15, 0.2) is 0 Å². The quantitative estimate of drug-likeness (QED) is 0.253. The summed E-state index contributed by atoms with van der Waals surface area (Å²) in [4.78, 5) is 55.9. The predicted octanol–water partition coefficient (Wildman–Crippen LogP) is 4.60. The number of ether oxygens (including phenoxy) is 1. The van der Waals surface area contributed by atoms with Gasteiger partial charge in [0, 0.05) is 15.6 Å². The molecule has 0 aliphatic carbocycles. The molecule has 5 rings (SSSR count). The van der Waals surface area contributed by atoms with E-state index in [9.17, 15) is 24.3 Å². The van der Waals surface area contributed by atoms with Crippen LogP contribution >= 0.6 is 15.9 Å². The van der Waals surface area contributed by atoms with E-state index in [-0.39, 0.29) is 24.2 Å². The molecular formula is C33H31BrN4O6. The summed E-state index contributed by atoms with van der Waals surface area (Å²) in [7, 11) is 3.21. The maximum atomic E-state index is 14.4. The molecule has 0 spiro atoms. The zero-order valence-corrected chi connectivity index (χ0v) is 25.9. The first-order chi connectivity index (χ1) is 21.1. The number of carbonyl (C=O) groups is 4. The molecule has 226 valence electrons. The number of carboxylic acid groups (broad SMARTS) is 1. The summed E-state index contributed by atoms with van der Waals surface area (Å²) in [6, 6.07) is 20.6. The number of hydrogen-bond donors (Lipinski definition) is 3. The third-order valence-corrected chi connectivity index (χ3v) is 8.24. The van der Waals surface area contributed by atoms with Gasteiger partial charge in [-0.15, -0.1) is 0 Å².